The molecule has 2 amide bonds. The van der Waals surface area contributed by atoms with Gasteiger partial charge in [-0.15, -0.1) is 11.3 Å². The fraction of sp³-hybridized carbons (Fsp3) is 0.522. The molecule has 160 valence electrons. The number of carbonyl (C=O) groups excluding carboxylic acids is 2. The zero-order valence-electron chi connectivity index (χ0n) is 17.6. The first-order valence-corrected chi connectivity index (χ1v) is 11.6. The lowest BCUT2D eigenvalue weighted by Crippen LogP contribution is -2.40. The Kier molecular flexibility index (Phi) is 6.49. The van der Waals surface area contributed by atoms with Crippen LogP contribution in [0.5, 0.6) is 0 Å². The maximum Gasteiger partial charge on any atom is 0.273 e. The van der Waals surface area contributed by atoms with Crippen molar-refractivity contribution in [2.24, 2.45) is 5.92 Å². The molecule has 4 rings (SSSR count). The standard InChI is InChI=1S/C23H29N3O3S/c1-16(2)22-24-20(15-30-22)23(28)26-12-19(29-14-18-8-9-18)11-25(21(27)13-26)10-17-6-4-3-5-7-17/h3-7,15-16,18-19H,8-14H2,1-2H3. The predicted molar refractivity (Wildman–Crippen MR) is 116 cm³/mol. The Morgan fingerprint density at radius 1 is 1.23 bits per heavy atom. The molecule has 0 N–H and O–H groups in total. The highest BCUT2D eigenvalue weighted by molar-refractivity contribution is 7.09. The van der Waals surface area contributed by atoms with Crippen LogP contribution in [0.2, 0.25) is 0 Å². The molecule has 1 saturated heterocycles. The van der Waals surface area contributed by atoms with Crippen molar-refractivity contribution in [3.05, 3.63) is 52.0 Å². The van der Waals surface area contributed by atoms with Gasteiger partial charge in [0, 0.05) is 37.5 Å². The molecular formula is C23H29N3O3S. The van der Waals surface area contributed by atoms with Crippen LogP contribution in [-0.2, 0) is 16.1 Å². The average Bonchev–Trinajstić information content (AvgIpc) is 3.46. The molecule has 0 bridgehead atoms. The van der Waals surface area contributed by atoms with Crippen LogP contribution in [0.15, 0.2) is 35.7 Å². The number of hydrogen-bond acceptors (Lipinski definition) is 5. The van der Waals surface area contributed by atoms with Gasteiger partial charge >= 0.3 is 0 Å². The number of benzene rings is 1. The molecule has 2 heterocycles. The van der Waals surface area contributed by atoms with Crippen LogP contribution in [0.4, 0.5) is 0 Å². The fourth-order valence-corrected chi connectivity index (χ4v) is 4.37. The maximum absolute atomic E-state index is 13.1. The summed E-state index contributed by atoms with van der Waals surface area (Å²) in [5.74, 6) is 0.665. The smallest absolute Gasteiger partial charge is 0.273 e. The third kappa shape index (κ3) is 5.26. The summed E-state index contributed by atoms with van der Waals surface area (Å²) in [5.41, 5.74) is 1.50. The van der Waals surface area contributed by atoms with Crippen molar-refractivity contribution in [3.8, 4) is 0 Å². The number of amides is 2. The second kappa shape index (κ2) is 9.27. The molecule has 6 nitrogen and oxygen atoms in total. The van der Waals surface area contributed by atoms with Crippen molar-refractivity contribution in [1.29, 1.82) is 0 Å². The van der Waals surface area contributed by atoms with Crippen LogP contribution in [0.1, 0.15) is 53.7 Å². The molecule has 2 aromatic rings. The summed E-state index contributed by atoms with van der Waals surface area (Å²) in [7, 11) is 0. The minimum absolute atomic E-state index is 0.0518. The van der Waals surface area contributed by atoms with Gasteiger partial charge in [0.2, 0.25) is 5.91 Å². The van der Waals surface area contributed by atoms with Gasteiger partial charge in [-0.05, 0) is 24.3 Å². The van der Waals surface area contributed by atoms with E-state index in [2.05, 4.69) is 18.8 Å². The number of carbonyl (C=O) groups is 2. The lowest BCUT2D eigenvalue weighted by atomic mass is 10.2. The number of ether oxygens (including phenoxy) is 1. The van der Waals surface area contributed by atoms with Gasteiger partial charge in [0.05, 0.1) is 11.1 Å². The lowest BCUT2D eigenvalue weighted by Gasteiger charge is -2.24. The highest BCUT2D eigenvalue weighted by Crippen LogP contribution is 2.29. The Morgan fingerprint density at radius 3 is 2.67 bits per heavy atom. The van der Waals surface area contributed by atoms with E-state index in [1.165, 1.54) is 24.2 Å². The highest BCUT2D eigenvalue weighted by atomic mass is 32.1. The molecule has 30 heavy (non-hydrogen) atoms. The normalized spacial score (nSPS) is 20.0. The Balaban J connectivity index is 1.50. The molecule has 1 unspecified atom stereocenters. The number of aromatic nitrogens is 1. The second-order valence-corrected chi connectivity index (χ2v) is 9.46. The molecule has 0 spiro atoms. The molecule has 2 aliphatic rings. The van der Waals surface area contributed by atoms with E-state index in [1.54, 1.807) is 10.3 Å². The summed E-state index contributed by atoms with van der Waals surface area (Å²) < 4.78 is 6.16. The first-order chi connectivity index (χ1) is 14.5. The molecular weight excluding hydrogens is 398 g/mol. The van der Waals surface area contributed by atoms with Crippen LogP contribution < -0.4 is 0 Å². The second-order valence-electron chi connectivity index (χ2n) is 8.57. The van der Waals surface area contributed by atoms with E-state index < -0.39 is 0 Å². The Morgan fingerprint density at radius 2 is 2.00 bits per heavy atom. The SMILES string of the molecule is CC(C)c1nc(C(=O)N2CC(=O)N(Cc3ccccc3)CC(OCC3CC3)C2)cs1. The zero-order chi connectivity index (χ0) is 21.1. The minimum atomic E-state index is -0.187. The first-order valence-electron chi connectivity index (χ1n) is 10.7. The highest BCUT2D eigenvalue weighted by Gasteiger charge is 2.33. The van der Waals surface area contributed by atoms with Crippen molar-refractivity contribution in [3.63, 3.8) is 0 Å². The fourth-order valence-electron chi connectivity index (χ4n) is 3.57. The summed E-state index contributed by atoms with van der Waals surface area (Å²) in [5, 5.41) is 2.74. The van der Waals surface area contributed by atoms with Gasteiger partial charge in [-0.25, -0.2) is 4.98 Å². The van der Waals surface area contributed by atoms with Gasteiger partial charge in [-0.1, -0.05) is 44.2 Å². The van der Waals surface area contributed by atoms with E-state index in [1.807, 2.05) is 35.2 Å². The summed E-state index contributed by atoms with van der Waals surface area (Å²) in [4.78, 5) is 34.1. The summed E-state index contributed by atoms with van der Waals surface area (Å²) in [6.45, 7) is 6.32. The summed E-state index contributed by atoms with van der Waals surface area (Å²) in [6, 6.07) is 9.95. The van der Waals surface area contributed by atoms with Crippen molar-refractivity contribution in [2.75, 3.05) is 26.2 Å². The van der Waals surface area contributed by atoms with E-state index in [0.29, 0.717) is 37.9 Å². The van der Waals surface area contributed by atoms with Gasteiger partial charge in [0.15, 0.2) is 0 Å². The Labute approximate surface area is 181 Å². The van der Waals surface area contributed by atoms with Crippen LogP contribution in [0, 0.1) is 5.92 Å². The molecule has 2 fully saturated rings. The van der Waals surface area contributed by atoms with Gasteiger partial charge in [0.25, 0.3) is 5.91 Å². The van der Waals surface area contributed by atoms with E-state index in [-0.39, 0.29) is 30.4 Å². The molecule has 1 aromatic carbocycles. The quantitative estimate of drug-likeness (QED) is 0.678. The predicted octanol–water partition coefficient (Wildman–Crippen LogP) is 3.55. The molecule has 1 saturated carbocycles. The van der Waals surface area contributed by atoms with E-state index in [9.17, 15) is 9.59 Å². The molecule has 1 atom stereocenters. The van der Waals surface area contributed by atoms with Crippen molar-refractivity contribution < 1.29 is 14.3 Å². The van der Waals surface area contributed by atoms with E-state index in [4.69, 9.17) is 4.74 Å². The first kappa shape index (κ1) is 21.0. The lowest BCUT2D eigenvalue weighted by molar-refractivity contribution is -0.132. The maximum atomic E-state index is 13.1. The Bertz CT molecular complexity index is 879. The molecule has 1 aliphatic carbocycles. The van der Waals surface area contributed by atoms with Gasteiger partial charge < -0.3 is 14.5 Å². The molecule has 1 aliphatic heterocycles. The van der Waals surface area contributed by atoms with Crippen molar-refractivity contribution in [1.82, 2.24) is 14.8 Å². The number of thiazole rings is 1. The summed E-state index contributed by atoms with van der Waals surface area (Å²) >= 11 is 1.50. The van der Waals surface area contributed by atoms with Crippen molar-refractivity contribution >= 4 is 23.2 Å². The third-order valence-electron chi connectivity index (χ3n) is 5.53. The topological polar surface area (TPSA) is 62.7 Å². The van der Waals surface area contributed by atoms with Crippen LogP contribution in [0.3, 0.4) is 0 Å². The Hall–Kier alpha value is -2.25. The number of rotatable bonds is 7. The number of hydrogen-bond donors (Lipinski definition) is 0. The zero-order valence-corrected chi connectivity index (χ0v) is 18.4. The number of nitrogens with zero attached hydrogens (tertiary/aromatic N) is 3. The largest absolute Gasteiger partial charge is 0.374 e. The third-order valence-corrected chi connectivity index (χ3v) is 6.68. The molecule has 0 radical (unpaired) electrons. The van der Waals surface area contributed by atoms with E-state index >= 15 is 0 Å². The molecule has 7 heteroatoms. The van der Waals surface area contributed by atoms with Gasteiger partial charge in [-0.3, -0.25) is 9.59 Å². The minimum Gasteiger partial charge on any atom is -0.374 e. The monoisotopic (exact) mass is 427 g/mol. The average molecular weight is 428 g/mol. The van der Waals surface area contributed by atoms with Crippen LogP contribution in [-0.4, -0.2) is 58.9 Å². The molecule has 1 aromatic heterocycles. The van der Waals surface area contributed by atoms with Crippen LogP contribution in [0.25, 0.3) is 0 Å². The van der Waals surface area contributed by atoms with Crippen molar-refractivity contribution in [2.45, 2.75) is 45.3 Å². The van der Waals surface area contributed by atoms with Gasteiger partial charge in [-0.2, -0.15) is 0 Å². The van der Waals surface area contributed by atoms with Crippen LogP contribution >= 0.6 is 11.3 Å². The van der Waals surface area contributed by atoms with Gasteiger partial charge in [0.1, 0.15) is 12.2 Å². The van der Waals surface area contributed by atoms with E-state index in [0.717, 1.165) is 10.6 Å². The summed E-state index contributed by atoms with van der Waals surface area (Å²) in [6.07, 6.45) is 2.23.